The van der Waals surface area contributed by atoms with Crippen LogP contribution >= 0.6 is 0 Å². The van der Waals surface area contributed by atoms with Crippen molar-refractivity contribution in [3.8, 4) is 17.0 Å². The smallest absolute Gasteiger partial charge is 0.178 e. The Morgan fingerprint density at radius 1 is 1.09 bits per heavy atom. The molecule has 0 bridgehead atoms. The number of aromatic nitrogens is 1. The Morgan fingerprint density at radius 3 is 2.66 bits per heavy atom. The third kappa shape index (κ3) is 4.48. The molecule has 0 radical (unpaired) electrons. The van der Waals surface area contributed by atoms with E-state index in [4.69, 9.17) is 4.74 Å². The lowest BCUT2D eigenvalue weighted by Crippen LogP contribution is -2.31. The summed E-state index contributed by atoms with van der Waals surface area (Å²) in [6, 6.07) is 18.4. The van der Waals surface area contributed by atoms with Crippen molar-refractivity contribution < 1.29 is 13.2 Å². The topological polar surface area (TPSA) is 62.4 Å². The summed E-state index contributed by atoms with van der Waals surface area (Å²) in [6.07, 6.45) is 3.54. The molecule has 4 rings (SSSR count). The zero-order chi connectivity index (χ0) is 22.7. The van der Waals surface area contributed by atoms with Crippen molar-refractivity contribution in [2.75, 3.05) is 19.4 Å². The second-order valence-electron chi connectivity index (χ2n) is 8.33. The van der Waals surface area contributed by atoms with Gasteiger partial charge in [0.25, 0.3) is 0 Å². The summed E-state index contributed by atoms with van der Waals surface area (Å²) in [7, 11) is -1.68. The number of sulfone groups is 1. The summed E-state index contributed by atoms with van der Waals surface area (Å²) in [5.41, 5.74) is 5.65. The molecule has 0 aliphatic heterocycles. The standard InChI is InChI=1S/C26H32N2O3S/c1-4-28(25-12-8-10-19-9-6-7-11-22(19)25)18-20-13-15-24(27-20)23-17-21(32(29,30)5-2)14-16-26(23)31-3/h6-7,9,11,13-17,25,27H,4-5,8,10,12,18H2,1-3H3. The summed E-state index contributed by atoms with van der Waals surface area (Å²) in [6.45, 7) is 5.64. The summed E-state index contributed by atoms with van der Waals surface area (Å²) < 4.78 is 30.3. The number of nitrogens with zero attached hydrogens (tertiary/aromatic N) is 1. The number of methoxy groups -OCH3 is 1. The minimum absolute atomic E-state index is 0.0725. The largest absolute Gasteiger partial charge is 0.496 e. The van der Waals surface area contributed by atoms with E-state index in [1.165, 1.54) is 24.0 Å². The number of hydrogen-bond donors (Lipinski definition) is 1. The molecule has 5 nitrogen and oxygen atoms in total. The molecule has 1 aliphatic carbocycles. The molecule has 170 valence electrons. The van der Waals surface area contributed by atoms with Gasteiger partial charge in [0.1, 0.15) is 5.75 Å². The van der Waals surface area contributed by atoms with Gasteiger partial charge < -0.3 is 9.72 Å². The van der Waals surface area contributed by atoms with Crippen molar-refractivity contribution in [1.82, 2.24) is 9.88 Å². The van der Waals surface area contributed by atoms with Crippen LogP contribution in [0.25, 0.3) is 11.3 Å². The molecule has 32 heavy (non-hydrogen) atoms. The summed E-state index contributed by atoms with van der Waals surface area (Å²) in [5, 5.41) is 0. The molecule has 3 aromatic rings. The van der Waals surface area contributed by atoms with Crippen molar-refractivity contribution in [2.45, 2.75) is 50.6 Å². The molecule has 1 N–H and O–H groups in total. The monoisotopic (exact) mass is 452 g/mol. The second-order valence-corrected chi connectivity index (χ2v) is 10.6. The maximum absolute atomic E-state index is 12.4. The van der Waals surface area contributed by atoms with Gasteiger partial charge in [-0.3, -0.25) is 4.90 Å². The van der Waals surface area contributed by atoms with Gasteiger partial charge in [-0.15, -0.1) is 0 Å². The number of ether oxygens (including phenoxy) is 1. The number of hydrogen-bond acceptors (Lipinski definition) is 4. The Labute approximate surface area is 191 Å². The average molecular weight is 453 g/mol. The molecule has 0 spiro atoms. The first-order valence-electron chi connectivity index (χ1n) is 11.4. The molecule has 1 heterocycles. The average Bonchev–Trinajstić information content (AvgIpc) is 3.30. The molecule has 1 aliphatic rings. The molecule has 0 amide bonds. The number of benzene rings is 2. The van der Waals surface area contributed by atoms with Gasteiger partial charge in [-0.25, -0.2) is 8.42 Å². The van der Waals surface area contributed by atoms with E-state index in [2.05, 4.69) is 47.1 Å². The van der Waals surface area contributed by atoms with E-state index in [0.29, 0.717) is 16.7 Å². The quantitative estimate of drug-likeness (QED) is 0.498. The fourth-order valence-corrected chi connectivity index (χ4v) is 5.62. The lowest BCUT2D eigenvalue weighted by molar-refractivity contribution is 0.177. The van der Waals surface area contributed by atoms with Crippen molar-refractivity contribution in [3.05, 3.63) is 71.4 Å². The van der Waals surface area contributed by atoms with Crippen LogP contribution in [0.4, 0.5) is 0 Å². The molecular formula is C26H32N2O3S. The van der Waals surface area contributed by atoms with Crippen molar-refractivity contribution >= 4 is 9.84 Å². The van der Waals surface area contributed by atoms with E-state index in [1.54, 1.807) is 32.2 Å². The van der Waals surface area contributed by atoms with Crippen LogP contribution in [0.2, 0.25) is 0 Å². The van der Waals surface area contributed by atoms with Crippen LogP contribution in [-0.4, -0.2) is 37.7 Å². The number of H-pyrrole nitrogens is 1. The lowest BCUT2D eigenvalue weighted by Gasteiger charge is -2.35. The van der Waals surface area contributed by atoms with Crippen molar-refractivity contribution in [2.24, 2.45) is 0 Å². The molecular weight excluding hydrogens is 420 g/mol. The first-order chi connectivity index (χ1) is 15.5. The predicted octanol–water partition coefficient (Wildman–Crippen LogP) is 5.38. The molecule has 1 atom stereocenters. The van der Waals surface area contributed by atoms with Gasteiger partial charge in [-0.05, 0) is 67.3 Å². The molecule has 0 fully saturated rings. The number of aryl methyl sites for hydroxylation is 1. The van der Waals surface area contributed by atoms with Gasteiger partial charge in [0.05, 0.1) is 17.8 Å². The van der Waals surface area contributed by atoms with Crippen LogP contribution in [0.15, 0.2) is 59.5 Å². The zero-order valence-corrected chi connectivity index (χ0v) is 19.9. The van der Waals surface area contributed by atoms with Gasteiger partial charge in [-0.1, -0.05) is 38.1 Å². The van der Waals surface area contributed by atoms with E-state index < -0.39 is 9.84 Å². The second kappa shape index (κ2) is 9.51. The number of rotatable bonds is 8. The van der Waals surface area contributed by atoms with Crippen LogP contribution < -0.4 is 4.74 Å². The van der Waals surface area contributed by atoms with E-state index in [-0.39, 0.29) is 5.75 Å². The Morgan fingerprint density at radius 2 is 1.91 bits per heavy atom. The van der Waals surface area contributed by atoms with Gasteiger partial charge >= 0.3 is 0 Å². The summed E-state index contributed by atoms with van der Waals surface area (Å²) >= 11 is 0. The Hall–Kier alpha value is -2.57. The first kappa shape index (κ1) is 22.6. The lowest BCUT2D eigenvalue weighted by atomic mass is 9.86. The molecule has 0 saturated heterocycles. The molecule has 6 heteroatoms. The summed E-state index contributed by atoms with van der Waals surface area (Å²) in [4.78, 5) is 6.35. The highest BCUT2D eigenvalue weighted by molar-refractivity contribution is 7.91. The van der Waals surface area contributed by atoms with Crippen LogP contribution in [0.5, 0.6) is 5.75 Å². The highest BCUT2D eigenvalue weighted by Gasteiger charge is 2.25. The van der Waals surface area contributed by atoms with Gasteiger partial charge in [0.2, 0.25) is 0 Å². The van der Waals surface area contributed by atoms with E-state index >= 15 is 0 Å². The van der Waals surface area contributed by atoms with Crippen molar-refractivity contribution in [1.29, 1.82) is 0 Å². The van der Waals surface area contributed by atoms with Gasteiger partial charge in [-0.2, -0.15) is 0 Å². The Balaban J connectivity index is 1.61. The molecule has 1 unspecified atom stereocenters. The Kier molecular flexibility index (Phi) is 6.72. The molecule has 1 aromatic heterocycles. The normalized spacial score (nSPS) is 16.2. The fourth-order valence-electron chi connectivity index (χ4n) is 4.72. The fraction of sp³-hybridized carbons (Fsp3) is 0.385. The third-order valence-corrected chi connectivity index (χ3v) is 8.24. The van der Waals surface area contributed by atoms with E-state index in [9.17, 15) is 8.42 Å². The molecule has 0 saturated carbocycles. The maximum atomic E-state index is 12.4. The minimum Gasteiger partial charge on any atom is -0.496 e. The third-order valence-electron chi connectivity index (χ3n) is 6.50. The SMILES string of the molecule is CCN(Cc1ccc(-c2cc(S(=O)(=O)CC)ccc2OC)[nH]1)C1CCCc2ccccc21. The highest BCUT2D eigenvalue weighted by Crippen LogP contribution is 2.36. The summed E-state index contributed by atoms with van der Waals surface area (Å²) in [5.74, 6) is 0.727. The zero-order valence-electron chi connectivity index (χ0n) is 19.1. The minimum atomic E-state index is -3.29. The van der Waals surface area contributed by atoms with Crippen LogP contribution in [0, 0.1) is 0 Å². The number of aromatic amines is 1. The highest BCUT2D eigenvalue weighted by atomic mass is 32.2. The first-order valence-corrected chi connectivity index (χ1v) is 13.0. The van der Waals surface area contributed by atoms with Crippen LogP contribution in [0.3, 0.4) is 0 Å². The number of nitrogens with one attached hydrogen (secondary N) is 1. The van der Waals surface area contributed by atoms with Crippen LogP contribution in [-0.2, 0) is 22.8 Å². The van der Waals surface area contributed by atoms with E-state index in [1.807, 2.05) is 6.07 Å². The van der Waals surface area contributed by atoms with Crippen molar-refractivity contribution in [3.63, 3.8) is 0 Å². The Bertz CT molecular complexity index is 1180. The number of fused-ring (bicyclic) bond motifs is 1. The van der Waals surface area contributed by atoms with Gasteiger partial charge in [0.15, 0.2) is 9.84 Å². The molecule has 2 aromatic carbocycles. The maximum Gasteiger partial charge on any atom is 0.178 e. The van der Waals surface area contributed by atoms with Gasteiger partial charge in [0, 0.05) is 29.5 Å². The van der Waals surface area contributed by atoms with E-state index in [0.717, 1.165) is 36.5 Å². The predicted molar refractivity (Wildman–Crippen MR) is 129 cm³/mol. The van der Waals surface area contributed by atoms with Crippen LogP contribution in [0.1, 0.15) is 49.6 Å².